The van der Waals surface area contributed by atoms with E-state index in [1.807, 2.05) is 12.1 Å². The van der Waals surface area contributed by atoms with Crippen LogP contribution in [0, 0.1) is 5.92 Å². The second-order valence-electron chi connectivity index (χ2n) is 9.21. The number of hydrogen-bond acceptors (Lipinski definition) is 3. The lowest BCUT2D eigenvalue weighted by molar-refractivity contribution is -0.141. The molecule has 0 saturated carbocycles. The third-order valence-corrected chi connectivity index (χ3v) is 7.02. The van der Waals surface area contributed by atoms with Gasteiger partial charge < -0.3 is 10.3 Å². The summed E-state index contributed by atoms with van der Waals surface area (Å²) in [7, 11) is 0. The molecule has 0 fully saturated rings. The molecule has 4 nitrogen and oxygen atoms in total. The normalized spacial score (nSPS) is 16.6. The van der Waals surface area contributed by atoms with Crippen molar-refractivity contribution in [3.8, 4) is 0 Å². The molecule has 0 spiro atoms. The quantitative estimate of drug-likeness (QED) is 0.192. The predicted octanol–water partition coefficient (Wildman–Crippen LogP) is 6.64. The van der Waals surface area contributed by atoms with Gasteiger partial charge in [-0.1, -0.05) is 66.0 Å². The van der Waals surface area contributed by atoms with Gasteiger partial charge in [-0.2, -0.15) is 0 Å². The van der Waals surface area contributed by atoms with E-state index in [2.05, 4.69) is 41.6 Å². The van der Waals surface area contributed by atoms with Gasteiger partial charge in [0.1, 0.15) is 0 Å². The molecular weight excluding hydrogens is 398 g/mol. The molecule has 4 heteroatoms. The zero-order valence-electron chi connectivity index (χ0n) is 18.7. The second-order valence-corrected chi connectivity index (χ2v) is 9.21. The van der Waals surface area contributed by atoms with Crippen molar-refractivity contribution in [1.29, 1.82) is 0 Å². The highest BCUT2D eigenvalue weighted by molar-refractivity contribution is 6.02. The molecule has 4 rings (SSSR count). The maximum absolute atomic E-state index is 11.9. The molecule has 1 atom stereocenters. The molecule has 168 valence electrons. The van der Waals surface area contributed by atoms with Gasteiger partial charge in [0.2, 0.25) is 0 Å². The third-order valence-electron chi connectivity index (χ3n) is 7.02. The first-order chi connectivity index (χ1) is 15.7. The standard InChI is InChI=1S/C28H33NO3/c30-28(31)23(13-6-2-5-11-20-9-3-1-4-10-20)19-27(29-32)22-15-16-26-24(18-22)17-21-12-7-8-14-25(21)26/h1,3-4,9-10,15-16,18,23,32H,2,5-8,11-14,17,19H2,(H,30,31)/t23-/m1/s1. The molecule has 0 aromatic heterocycles. The van der Waals surface area contributed by atoms with E-state index < -0.39 is 11.9 Å². The maximum Gasteiger partial charge on any atom is 0.306 e. The first-order valence-corrected chi connectivity index (χ1v) is 12.0. The van der Waals surface area contributed by atoms with E-state index in [0.29, 0.717) is 12.1 Å². The number of allylic oxidation sites excluding steroid dienone is 2. The lowest BCUT2D eigenvalue weighted by Gasteiger charge is -2.15. The van der Waals surface area contributed by atoms with Crippen LogP contribution in [0.5, 0.6) is 0 Å². The second kappa shape index (κ2) is 10.6. The summed E-state index contributed by atoms with van der Waals surface area (Å²) in [5.74, 6) is -1.34. The van der Waals surface area contributed by atoms with Crippen LogP contribution >= 0.6 is 0 Å². The number of hydrogen-bond donors (Lipinski definition) is 2. The number of aliphatic carboxylic acids is 1. The molecule has 0 aliphatic heterocycles. The van der Waals surface area contributed by atoms with Gasteiger partial charge in [0.05, 0.1) is 11.6 Å². The van der Waals surface area contributed by atoms with Crippen molar-refractivity contribution in [3.63, 3.8) is 0 Å². The number of fused-ring (bicyclic) bond motifs is 2. The van der Waals surface area contributed by atoms with Crippen LogP contribution in [0.4, 0.5) is 0 Å². The van der Waals surface area contributed by atoms with Crippen molar-refractivity contribution in [1.82, 2.24) is 0 Å². The zero-order chi connectivity index (χ0) is 22.3. The molecule has 32 heavy (non-hydrogen) atoms. The number of rotatable bonds is 10. The minimum Gasteiger partial charge on any atom is -0.481 e. The molecule has 2 aromatic rings. The number of oxime groups is 1. The van der Waals surface area contributed by atoms with Crippen LogP contribution < -0.4 is 0 Å². The fourth-order valence-electron chi connectivity index (χ4n) is 5.24. The Bertz CT molecular complexity index is 1010. The number of carboxylic acids is 1. The van der Waals surface area contributed by atoms with Gasteiger partial charge in [-0.25, -0.2) is 0 Å². The molecule has 0 bridgehead atoms. The summed E-state index contributed by atoms with van der Waals surface area (Å²) in [5, 5.41) is 23.0. The Labute approximate surface area is 190 Å². The van der Waals surface area contributed by atoms with Crippen molar-refractivity contribution in [3.05, 3.63) is 76.4 Å². The Morgan fingerprint density at radius 1 is 1.00 bits per heavy atom. The van der Waals surface area contributed by atoms with E-state index in [9.17, 15) is 15.1 Å². The summed E-state index contributed by atoms with van der Waals surface area (Å²) < 4.78 is 0. The van der Waals surface area contributed by atoms with Crippen LogP contribution in [0.15, 0.2) is 59.3 Å². The largest absolute Gasteiger partial charge is 0.481 e. The fourth-order valence-corrected chi connectivity index (χ4v) is 5.24. The van der Waals surface area contributed by atoms with Crippen molar-refractivity contribution in [2.24, 2.45) is 11.1 Å². The fraction of sp³-hybridized carbons (Fsp3) is 0.429. The van der Waals surface area contributed by atoms with Crippen LogP contribution in [-0.4, -0.2) is 22.0 Å². The highest BCUT2D eigenvalue weighted by Gasteiger charge is 2.26. The van der Waals surface area contributed by atoms with Crippen molar-refractivity contribution >= 4 is 17.3 Å². The Morgan fingerprint density at radius 3 is 2.59 bits per heavy atom. The average Bonchev–Trinajstić information content (AvgIpc) is 3.19. The summed E-state index contributed by atoms with van der Waals surface area (Å²) in [6.07, 6.45) is 10.7. The minimum absolute atomic E-state index is 0.260. The van der Waals surface area contributed by atoms with Crippen LogP contribution in [0.3, 0.4) is 0 Å². The highest BCUT2D eigenvalue weighted by atomic mass is 16.4. The Hall–Kier alpha value is -2.88. The van der Waals surface area contributed by atoms with Gasteiger partial charge in [0, 0.05) is 6.42 Å². The summed E-state index contributed by atoms with van der Waals surface area (Å²) in [4.78, 5) is 11.9. The van der Waals surface area contributed by atoms with E-state index in [-0.39, 0.29) is 6.42 Å². The first kappa shape index (κ1) is 22.3. The Kier molecular flexibility index (Phi) is 7.41. The van der Waals surface area contributed by atoms with Gasteiger partial charge in [0.25, 0.3) is 0 Å². The number of benzene rings is 2. The molecule has 0 heterocycles. The maximum atomic E-state index is 11.9. The van der Waals surface area contributed by atoms with E-state index in [4.69, 9.17) is 0 Å². The number of aryl methyl sites for hydroxylation is 1. The summed E-state index contributed by atoms with van der Waals surface area (Å²) in [5.41, 5.74) is 8.36. The molecule has 0 radical (unpaired) electrons. The van der Waals surface area contributed by atoms with Gasteiger partial charge in [0.15, 0.2) is 0 Å². The predicted molar refractivity (Wildman–Crippen MR) is 128 cm³/mol. The molecule has 0 saturated heterocycles. The van der Waals surface area contributed by atoms with Crippen LogP contribution in [0.25, 0.3) is 5.57 Å². The van der Waals surface area contributed by atoms with Crippen molar-refractivity contribution in [2.75, 3.05) is 0 Å². The summed E-state index contributed by atoms with van der Waals surface area (Å²) in [6, 6.07) is 16.6. The van der Waals surface area contributed by atoms with E-state index >= 15 is 0 Å². The third kappa shape index (κ3) is 5.29. The molecule has 2 N–H and O–H groups in total. The molecule has 2 aliphatic rings. The first-order valence-electron chi connectivity index (χ1n) is 12.0. The topological polar surface area (TPSA) is 69.9 Å². The number of nitrogens with zero attached hydrogens (tertiary/aromatic N) is 1. The van der Waals surface area contributed by atoms with Gasteiger partial charge >= 0.3 is 5.97 Å². The molecule has 2 aromatic carbocycles. The van der Waals surface area contributed by atoms with Gasteiger partial charge in [-0.15, -0.1) is 0 Å². The van der Waals surface area contributed by atoms with Crippen LogP contribution in [0.2, 0.25) is 0 Å². The van der Waals surface area contributed by atoms with Crippen molar-refractivity contribution < 1.29 is 15.1 Å². The van der Waals surface area contributed by atoms with E-state index in [1.54, 1.807) is 5.57 Å². The monoisotopic (exact) mass is 431 g/mol. The molecule has 0 unspecified atom stereocenters. The van der Waals surface area contributed by atoms with Crippen LogP contribution in [-0.2, 0) is 17.6 Å². The highest BCUT2D eigenvalue weighted by Crippen LogP contribution is 2.41. The zero-order valence-corrected chi connectivity index (χ0v) is 18.7. The molecule has 0 amide bonds. The molecule has 2 aliphatic carbocycles. The lowest BCUT2D eigenvalue weighted by atomic mass is 9.90. The SMILES string of the molecule is O=C(O)[C@H](CCCCCc1ccccc1)CC(=NO)c1ccc2c(c1)CC1=C2CCCC1. The Balaban J connectivity index is 1.33. The summed E-state index contributed by atoms with van der Waals surface area (Å²) >= 11 is 0. The van der Waals surface area contributed by atoms with Gasteiger partial charge in [-0.3, -0.25) is 4.79 Å². The van der Waals surface area contributed by atoms with Crippen LogP contribution in [0.1, 0.15) is 80.0 Å². The van der Waals surface area contributed by atoms with Crippen molar-refractivity contribution in [2.45, 2.75) is 70.6 Å². The number of unbranched alkanes of at least 4 members (excludes halogenated alkanes) is 2. The summed E-state index contributed by atoms with van der Waals surface area (Å²) in [6.45, 7) is 0. The van der Waals surface area contributed by atoms with Gasteiger partial charge in [-0.05, 0) is 85.3 Å². The number of carbonyl (C=O) groups is 1. The minimum atomic E-state index is -0.812. The molecular formula is C28H33NO3. The average molecular weight is 432 g/mol. The van der Waals surface area contributed by atoms with E-state index in [0.717, 1.165) is 44.1 Å². The number of carboxylic acid groups (broad SMARTS) is 1. The Morgan fingerprint density at radius 2 is 1.81 bits per heavy atom. The smallest absolute Gasteiger partial charge is 0.306 e. The van der Waals surface area contributed by atoms with E-state index in [1.165, 1.54) is 41.5 Å². The lowest BCUT2D eigenvalue weighted by Crippen LogP contribution is -2.19.